The third kappa shape index (κ3) is 2.76. The molecule has 1 saturated heterocycles. The van der Waals surface area contributed by atoms with Gasteiger partial charge in [-0.25, -0.2) is 4.98 Å². The van der Waals surface area contributed by atoms with Crippen LogP contribution in [0.5, 0.6) is 0 Å². The number of ether oxygens (including phenoxy) is 1. The molecule has 0 bridgehead atoms. The molecule has 0 saturated carbocycles. The molecule has 19 heavy (non-hydrogen) atoms. The van der Waals surface area contributed by atoms with E-state index in [1.807, 2.05) is 18.7 Å². The number of nitro groups is 1. The van der Waals surface area contributed by atoms with Gasteiger partial charge >= 0.3 is 0 Å². The Balaban J connectivity index is 2.42. The summed E-state index contributed by atoms with van der Waals surface area (Å²) in [4.78, 5) is 17.0. The number of morpholine rings is 1. The van der Waals surface area contributed by atoms with Crippen molar-refractivity contribution in [2.24, 2.45) is 0 Å². The Hall–Kier alpha value is -1.89. The third-order valence-corrected chi connectivity index (χ3v) is 3.19. The first kappa shape index (κ1) is 13.5. The van der Waals surface area contributed by atoms with Gasteiger partial charge in [-0.2, -0.15) is 0 Å². The zero-order chi connectivity index (χ0) is 14.0. The Morgan fingerprint density at radius 2 is 2.26 bits per heavy atom. The summed E-state index contributed by atoms with van der Waals surface area (Å²) in [7, 11) is 1.69. The van der Waals surface area contributed by atoms with E-state index in [1.54, 1.807) is 7.05 Å². The molecule has 0 aliphatic carbocycles. The fourth-order valence-corrected chi connectivity index (χ4v) is 2.16. The molecule has 1 aromatic heterocycles. The monoisotopic (exact) mass is 266 g/mol. The smallest absolute Gasteiger partial charge is 0.276 e. The van der Waals surface area contributed by atoms with Crippen molar-refractivity contribution in [2.75, 3.05) is 37.0 Å². The lowest BCUT2D eigenvalue weighted by Crippen LogP contribution is -2.53. The summed E-state index contributed by atoms with van der Waals surface area (Å²) >= 11 is 0. The van der Waals surface area contributed by atoms with Crippen molar-refractivity contribution in [2.45, 2.75) is 19.4 Å². The largest absolute Gasteiger partial charge is 0.377 e. The van der Waals surface area contributed by atoms with Gasteiger partial charge in [-0.3, -0.25) is 10.1 Å². The van der Waals surface area contributed by atoms with Crippen LogP contribution in [-0.4, -0.2) is 42.3 Å². The number of aromatic nitrogens is 1. The van der Waals surface area contributed by atoms with Crippen LogP contribution in [0.2, 0.25) is 0 Å². The van der Waals surface area contributed by atoms with Crippen molar-refractivity contribution in [1.29, 1.82) is 0 Å². The fourth-order valence-electron chi connectivity index (χ4n) is 2.16. The second-order valence-electron chi connectivity index (χ2n) is 5.09. The van der Waals surface area contributed by atoms with Gasteiger partial charge in [-0.1, -0.05) is 0 Å². The van der Waals surface area contributed by atoms with Gasteiger partial charge in [-0.15, -0.1) is 0 Å². The second-order valence-corrected chi connectivity index (χ2v) is 5.09. The van der Waals surface area contributed by atoms with Crippen LogP contribution in [0, 0.1) is 10.1 Å². The summed E-state index contributed by atoms with van der Waals surface area (Å²) in [6.45, 7) is 5.91. The minimum absolute atomic E-state index is 0.0386. The van der Waals surface area contributed by atoms with E-state index in [2.05, 4.69) is 10.3 Å². The average molecular weight is 266 g/mol. The van der Waals surface area contributed by atoms with E-state index in [9.17, 15) is 10.1 Å². The Labute approximate surface area is 111 Å². The van der Waals surface area contributed by atoms with E-state index in [0.717, 1.165) is 0 Å². The molecule has 0 radical (unpaired) electrons. The lowest BCUT2D eigenvalue weighted by Gasteiger charge is -2.42. The predicted octanol–water partition coefficient (Wildman–Crippen LogP) is 1.65. The molecule has 1 aromatic rings. The molecular formula is C12H18N4O3. The van der Waals surface area contributed by atoms with Gasteiger partial charge in [0.2, 0.25) is 0 Å². The van der Waals surface area contributed by atoms with Crippen molar-refractivity contribution in [3.63, 3.8) is 0 Å². The van der Waals surface area contributed by atoms with Gasteiger partial charge < -0.3 is 15.0 Å². The molecule has 1 aliphatic rings. The van der Waals surface area contributed by atoms with Crippen molar-refractivity contribution in [3.05, 3.63) is 22.2 Å². The maximum atomic E-state index is 11.0. The van der Waals surface area contributed by atoms with Gasteiger partial charge in [0.05, 0.1) is 35.8 Å². The van der Waals surface area contributed by atoms with E-state index in [0.29, 0.717) is 31.4 Å². The highest BCUT2D eigenvalue weighted by Crippen LogP contribution is 2.29. The standard InChI is InChI=1S/C12H18N4O3/c1-12(2)8-19-5-4-15(12)11-7-9(16(17)18)6-10(13-3)14-11/h6-7H,4-5,8H2,1-3H3,(H,13,14). The zero-order valence-electron chi connectivity index (χ0n) is 11.3. The van der Waals surface area contributed by atoms with Crippen LogP contribution in [-0.2, 0) is 4.74 Å². The van der Waals surface area contributed by atoms with Gasteiger partial charge in [0, 0.05) is 13.6 Å². The highest BCUT2D eigenvalue weighted by Gasteiger charge is 2.32. The maximum Gasteiger partial charge on any atom is 0.276 e. The Morgan fingerprint density at radius 1 is 1.53 bits per heavy atom. The van der Waals surface area contributed by atoms with Crippen LogP contribution in [0.4, 0.5) is 17.3 Å². The minimum Gasteiger partial charge on any atom is -0.377 e. The van der Waals surface area contributed by atoms with Crippen molar-refractivity contribution in [1.82, 2.24) is 4.98 Å². The van der Waals surface area contributed by atoms with Crippen LogP contribution in [0.15, 0.2) is 12.1 Å². The molecule has 7 nitrogen and oxygen atoms in total. The van der Waals surface area contributed by atoms with Crippen LogP contribution in [0.3, 0.4) is 0 Å². The fraction of sp³-hybridized carbons (Fsp3) is 0.583. The molecule has 1 aliphatic heterocycles. The summed E-state index contributed by atoms with van der Waals surface area (Å²) < 4.78 is 5.45. The molecule has 0 aromatic carbocycles. The number of hydrogen-bond donors (Lipinski definition) is 1. The molecule has 1 N–H and O–H groups in total. The molecule has 0 atom stereocenters. The number of pyridine rings is 1. The van der Waals surface area contributed by atoms with E-state index in [-0.39, 0.29) is 11.2 Å². The van der Waals surface area contributed by atoms with Crippen LogP contribution < -0.4 is 10.2 Å². The van der Waals surface area contributed by atoms with Crippen LogP contribution in [0.1, 0.15) is 13.8 Å². The maximum absolute atomic E-state index is 11.0. The lowest BCUT2D eigenvalue weighted by molar-refractivity contribution is -0.384. The third-order valence-electron chi connectivity index (χ3n) is 3.19. The molecule has 0 amide bonds. The highest BCUT2D eigenvalue weighted by molar-refractivity contribution is 5.57. The number of anilines is 2. The molecular weight excluding hydrogens is 248 g/mol. The van der Waals surface area contributed by atoms with Crippen LogP contribution in [0.25, 0.3) is 0 Å². The first-order chi connectivity index (χ1) is 8.94. The molecule has 1 fully saturated rings. The Morgan fingerprint density at radius 3 is 2.84 bits per heavy atom. The molecule has 2 heterocycles. The van der Waals surface area contributed by atoms with E-state index in [4.69, 9.17) is 4.74 Å². The summed E-state index contributed by atoms with van der Waals surface area (Å²) in [5.74, 6) is 1.10. The quantitative estimate of drug-likeness (QED) is 0.661. The zero-order valence-corrected chi connectivity index (χ0v) is 11.3. The van der Waals surface area contributed by atoms with E-state index < -0.39 is 4.92 Å². The number of hydrogen-bond acceptors (Lipinski definition) is 6. The van der Waals surface area contributed by atoms with Gasteiger partial charge in [0.15, 0.2) is 0 Å². The molecule has 0 unspecified atom stereocenters. The van der Waals surface area contributed by atoms with Gasteiger partial charge in [0.25, 0.3) is 5.69 Å². The topological polar surface area (TPSA) is 80.5 Å². The average Bonchev–Trinajstić information content (AvgIpc) is 2.37. The number of nitrogens with one attached hydrogen (secondary N) is 1. The first-order valence-corrected chi connectivity index (χ1v) is 6.14. The number of nitrogens with zero attached hydrogens (tertiary/aromatic N) is 3. The minimum atomic E-state index is -0.403. The van der Waals surface area contributed by atoms with Gasteiger partial charge in [-0.05, 0) is 13.8 Å². The molecule has 2 rings (SSSR count). The summed E-state index contributed by atoms with van der Waals surface area (Å²) in [6, 6.07) is 2.94. The molecule has 104 valence electrons. The second kappa shape index (κ2) is 5.00. The van der Waals surface area contributed by atoms with Gasteiger partial charge in [0.1, 0.15) is 11.6 Å². The highest BCUT2D eigenvalue weighted by atomic mass is 16.6. The van der Waals surface area contributed by atoms with Crippen molar-refractivity contribution in [3.8, 4) is 0 Å². The van der Waals surface area contributed by atoms with E-state index >= 15 is 0 Å². The summed E-state index contributed by atoms with van der Waals surface area (Å²) in [6.07, 6.45) is 0. The normalized spacial score (nSPS) is 18.2. The Bertz CT molecular complexity index is 490. The molecule has 0 spiro atoms. The Kier molecular flexibility index (Phi) is 3.57. The lowest BCUT2D eigenvalue weighted by atomic mass is 10.0. The first-order valence-electron chi connectivity index (χ1n) is 6.14. The SMILES string of the molecule is CNc1cc([N+](=O)[O-])cc(N2CCOCC2(C)C)n1. The summed E-state index contributed by atoms with van der Waals surface area (Å²) in [5.41, 5.74) is -0.192. The van der Waals surface area contributed by atoms with Crippen molar-refractivity contribution < 1.29 is 9.66 Å². The van der Waals surface area contributed by atoms with E-state index in [1.165, 1.54) is 12.1 Å². The summed E-state index contributed by atoms with van der Waals surface area (Å²) in [5, 5.41) is 13.8. The van der Waals surface area contributed by atoms with Crippen LogP contribution >= 0.6 is 0 Å². The van der Waals surface area contributed by atoms with Crippen molar-refractivity contribution >= 4 is 17.3 Å². The number of rotatable bonds is 3. The predicted molar refractivity (Wildman–Crippen MR) is 72.7 cm³/mol. The molecule has 7 heteroatoms.